The number of esters is 1. The SMILES string of the molecule is CCCOCC1OC(OCCOP(OCCC#N)N(C(C)C)C(C)C)C(OC(=O)c2ccccc2)C(C)C1C. The zero-order valence-corrected chi connectivity index (χ0v) is 25.5. The maximum absolute atomic E-state index is 12.9. The summed E-state index contributed by atoms with van der Waals surface area (Å²) in [7, 11) is -1.38. The van der Waals surface area contributed by atoms with Crippen LogP contribution in [0, 0.1) is 23.2 Å². The molecule has 39 heavy (non-hydrogen) atoms. The molecule has 6 atom stereocenters. The van der Waals surface area contributed by atoms with E-state index in [-0.39, 0.29) is 43.2 Å². The van der Waals surface area contributed by atoms with E-state index >= 15 is 0 Å². The highest BCUT2D eigenvalue weighted by atomic mass is 31.2. The van der Waals surface area contributed by atoms with Gasteiger partial charge in [-0.05, 0) is 52.2 Å². The smallest absolute Gasteiger partial charge is 0.338 e. The molecule has 1 aliphatic rings. The largest absolute Gasteiger partial charge is 0.453 e. The van der Waals surface area contributed by atoms with Gasteiger partial charge in [0.2, 0.25) is 0 Å². The summed E-state index contributed by atoms with van der Waals surface area (Å²) in [4.78, 5) is 12.9. The molecule has 1 aromatic rings. The molecule has 0 bridgehead atoms. The normalized spacial score (nSPS) is 24.2. The summed E-state index contributed by atoms with van der Waals surface area (Å²) in [5, 5.41) is 8.93. The lowest BCUT2D eigenvalue weighted by Crippen LogP contribution is -2.53. The van der Waals surface area contributed by atoms with Crippen LogP contribution in [0.25, 0.3) is 0 Å². The van der Waals surface area contributed by atoms with Crippen LogP contribution in [-0.4, -0.2) is 74.3 Å². The molecular formula is C29H47N2O7P. The van der Waals surface area contributed by atoms with Crippen LogP contribution < -0.4 is 0 Å². The molecule has 1 fully saturated rings. The molecule has 9 nitrogen and oxygen atoms in total. The predicted molar refractivity (Wildman–Crippen MR) is 151 cm³/mol. The fourth-order valence-corrected chi connectivity index (χ4v) is 6.02. The maximum Gasteiger partial charge on any atom is 0.338 e. The van der Waals surface area contributed by atoms with Crippen LogP contribution in [0.5, 0.6) is 0 Å². The Morgan fingerprint density at radius 3 is 2.31 bits per heavy atom. The van der Waals surface area contributed by atoms with Gasteiger partial charge in [-0.3, -0.25) is 0 Å². The van der Waals surface area contributed by atoms with Crippen molar-refractivity contribution >= 4 is 14.5 Å². The van der Waals surface area contributed by atoms with Crippen LogP contribution in [-0.2, 0) is 28.0 Å². The van der Waals surface area contributed by atoms with E-state index in [2.05, 4.69) is 59.2 Å². The standard InChI is InChI=1S/C29H47N2O7P/c1-8-16-33-20-26-23(6)24(7)27(38-28(32)25-13-10-9-11-14-25)29(37-26)34-18-19-36-39(35-17-12-15-30)31(21(2)3)22(4)5/h9-11,13-14,21-24,26-27,29H,8,12,16-20H2,1-7H3. The van der Waals surface area contributed by atoms with Crippen molar-refractivity contribution < 1.29 is 32.8 Å². The summed E-state index contributed by atoms with van der Waals surface area (Å²) < 4.78 is 38.5. The Kier molecular flexibility index (Phi) is 15.4. The Balaban J connectivity index is 2.09. The number of rotatable bonds is 17. The van der Waals surface area contributed by atoms with E-state index in [4.69, 9.17) is 33.3 Å². The second-order valence-electron chi connectivity index (χ2n) is 10.3. The van der Waals surface area contributed by atoms with Gasteiger partial charge in [0, 0.05) is 24.6 Å². The number of carbonyl (C=O) groups is 1. The van der Waals surface area contributed by atoms with Crippen LogP contribution in [0.3, 0.4) is 0 Å². The van der Waals surface area contributed by atoms with Crippen molar-refractivity contribution in [2.45, 2.75) is 91.9 Å². The molecule has 2 rings (SSSR count). The number of carbonyl (C=O) groups excluding carboxylic acids is 1. The zero-order chi connectivity index (χ0) is 28.8. The van der Waals surface area contributed by atoms with Gasteiger partial charge >= 0.3 is 5.97 Å². The minimum atomic E-state index is -1.38. The Morgan fingerprint density at radius 2 is 1.69 bits per heavy atom. The number of hydrogen-bond acceptors (Lipinski definition) is 9. The average Bonchev–Trinajstić information content (AvgIpc) is 2.91. The molecule has 10 heteroatoms. The molecule has 1 aliphatic heterocycles. The van der Waals surface area contributed by atoms with Gasteiger partial charge in [-0.25, -0.2) is 9.46 Å². The first-order valence-electron chi connectivity index (χ1n) is 14.0. The fraction of sp³-hybridized carbons (Fsp3) is 0.724. The van der Waals surface area contributed by atoms with Gasteiger partial charge in [0.25, 0.3) is 8.53 Å². The molecule has 1 saturated heterocycles. The van der Waals surface area contributed by atoms with Crippen LogP contribution in [0.4, 0.5) is 0 Å². The first-order chi connectivity index (χ1) is 18.7. The molecule has 0 aromatic heterocycles. The lowest BCUT2D eigenvalue weighted by molar-refractivity contribution is -0.277. The van der Waals surface area contributed by atoms with Crippen molar-refractivity contribution in [3.05, 3.63) is 35.9 Å². The number of hydrogen-bond donors (Lipinski definition) is 0. The number of nitrogens with zero attached hydrogens (tertiary/aromatic N) is 2. The van der Waals surface area contributed by atoms with Crippen LogP contribution in [0.2, 0.25) is 0 Å². The van der Waals surface area contributed by atoms with Crippen molar-refractivity contribution in [2.24, 2.45) is 11.8 Å². The van der Waals surface area contributed by atoms with E-state index in [1.54, 1.807) is 24.3 Å². The Hall–Kier alpha value is -1.63. The van der Waals surface area contributed by atoms with E-state index in [1.807, 2.05) is 6.07 Å². The van der Waals surface area contributed by atoms with E-state index < -0.39 is 26.9 Å². The lowest BCUT2D eigenvalue weighted by Gasteiger charge is -2.43. The molecule has 220 valence electrons. The zero-order valence-electron chi connectivity index (χ0n) is 24.6. The van der Waals surface area contributed by atoms with E-state index in [0.717, 1.165) is 6.42 Å². The van der Waals surface area contributed by atoms with Gasteiger partial charge in [-0.1, -0.05) is 39.0 Å². The molecule has 0 spiro atoms. The van der Waals surface area contributed by atoms with Crippen LogP contribution >= 0.6 is 8.53 Å². The molecule has 1 aromatic carbocycles. The van der Waals surface area contributed by atoms with Crippen molar-refractivity contribution in [2.75, 3.05) is 33.0 Å². The topological polar surface area (TPSA) is 99.5 Å². The molecular weight excluding hydrogens is 519 g/mol. The molecule has 0 radical (unpaired) electrons. The summed E-state index contributed by atoms with van der Waals surface area (Å²) >= 11 is 0. The fourth-order valence-electron chi connectivity index (χ4n) is 4.45. The molecule has 1 heterocycles. The minimum Gasteiger partial charge on any atom is -0.453 e. The van der Waals surface area contributed by atoms with Gasteiger partial charge in [-0.15, -0.1) is 0 Å². The number of ether oxygens (including phenoxy) is 4. The Labute approximate surface area is 236 Å². The summed E-state index contributed by atoms with van der Waals surface area (Å²) in [5.41, 5.74) is 0.482. The third-order valence-electron chi connectivity index (χ3n) is 6.62. The van der Waals surface area contributed by atoms with Gasteiger partial charge in [0.15, 0.2) is 12.4 Å². The third kappa shape index (κ3) is 10.7. The third-order valence-corrected chi connectivity index (χ3v) is 8.73. The quantitative estimate of drug-likeness (QED) is 0.129. The highest BCUT2D eigenvalue weighted by Gasteiger charge is 2.44. The van der Waals surface area contributed by atoms with Crippen molar-refractivity contribution in [1.82, 2.24) is 4.67 Å². The van der Waals surface area contributed by atoms with E-state index in [0.29, 0.717) is 31.8 Å². The second kappa shape index (κ2) is 17.9. The average molecular weight is 567 g/mol. The summed E-state index contributed by atoms with van der Waals surface area (Å²) in [6.07, 6.45) is -0.321. The molecule has 0 aliphatic carbocycles. The second-order valence-corrected chi connectivity index (χ2v) is 11.8. The monoisotopic (exact) mass is 566 g/mol. The van der Waals surface area contributed by atoms with Crippen molar-refractivity contribution in [3.8, 4) is 6.07 Å². The Bertz CT molecular complexity index is 859. The summed E-state index contributed by atoms with van der Waals surface area (Å²) in [6, 6.07) is 11.4. The van der Waals surface area contributed by atoms with Crippen molar-refractivity contribution in [3.63, 3.8) is 0 Å². The van der Waals surface area contributed by atoms with Gasteiger partial charge in [0.05, 0.1) is 50.6 Å². The highest BCUT2D eigenvalue weighted by Crippen LogP contribution is 2.46. The lowest BCUT2D eigenvalue weighted by atomic mass is 9.83. The Morgan fingerprint density at radius 1 is 1.03 bits per heavy atom. The van der Waals surface area contributed by atoms with Gasteiger partial charge in [-0.2, -0.15) is 5.26 Å². The highest BCUT2D eigenvalue weighted by molar-refractivity contribution is 7.44. The number of benzene rings is 1. The van der Waals surface area contributed by atoms with E-state index in [9.17, 15) is 4.79 Å². The first kappa shape index (κ1) is 33.6. The minimum absolute atomic E-state index is 0.0173. The first-order valence-corrected chi connectivity index (χ1v) is 15.2. The maximum atomic E-state index is 12.9. The number of nitriles is 1. The molecule has 0 saturated carbocycles. The molecule has 0 N–H and O–H groups in total. The molecule has 6 unspecified atom stereocenters. The van der Waals surface area contributed by atoms with Crippen LogP contribution in [0.1, 0.15) is 71.7 Å². The van der Waals surface area contributed by atoms with Gasteiger partial charge < -0.3 is 28.0 Å². The molecule has 0 amide bonds. The summed E-state index contributed by atoms with van der Waals surface area (Å²) in [6.45, 7) is 16.5. The van der Waals surface area contributed by atoms with Gasteiger partial charge in [0.1, 0.15) is 0 Å². The van der Waals surface area contributed by atoms with E-state index in [1.165, 1.54) is 0 Å². The predicted octanol–water partition coefficient (Wildman–Crippen LogP) is 5.94. The van der Waals surface area contributed by atoms with Crippen LogP contribution in [0.15, 0.2) is 30.3 Å². The summed E-state index contributed by atoms with van der Waals surface area (Å²) in [5.74, 6) is -0.331. The van der Waals surface area contributed by atoms with Crippen molar-refractivity contribution in [1.29, 1.82) is 5.26 Å².